The lowest BCUT2D eigenvalue weighted by Gasteiger charge is -2.30. The number of aryl methyl sites for hydroxylation is 1. The van der Waals surface area contributed by atoms with Gasteiger partial charge in [0.15, 0.2) is 0 Å². The first-order valence-electron chi connectivity index (χ1n) is 10.1. The maximum Gasteiger partial charge on any atom is 0.121 e. The summed E-state index contributed by atoms with van der Waals surface area (Å²) in [6, 6.07) is 2.14. The summed E-state index contributed by atoms with van der Waals surface area (Å²) in [5, 5.41) is 4.54. The molecular weight excluding hydrogens is 340 g/mol. The molecule has 1 aliphatic heterocycles. The monoisotopic (exact) mass is 386 g/mol. The summed E-state index contributed by atoms with van der Waals surface area (Å²) in [5.74, 6) is 0.964. The average Bonchev–Trinajstić information content (AvgIpc) is 3.14. The molecule has 3 N–H and O–H groups in total. The average molecular weight is 387 g/mol. The Morgan fingerprint density at radius 3 is 1.92 bits per heavy atom. The minimum atomic E-state index is 0.753. The van der Waals surface area contributed by atoms with Gasteiger partial charge in [0.1, 0.15) is 10.8 Å². The molecule has 0 amide bonds. The Morgan fingerprint density at radius 1 is 1.08 bits per heavy atom. The van der Waals surface area contributed by atoms with E-state index in [1.54, 1.807) is 24.6 Å². The first kappa shape index (κ1) is 32.2. The number of amidine groups is 1. The summed E-state index contributed by atoms with van der Waals surface area (Å²) in [7, 11) is 1.80. The van der Waals surface area contributed by atoms with E-state index in [4.69, 9.17) is 5.73 Å². The number of aliphatic imine (C=N–C) groups is 1. The van der Waals surface area contributed by atoms with Crippen LogP contribution in [0.5, 0.6) is 0 Å². The van der Waals surface area contributed by atoms with E-state index in [0.717, 1.165) is 23.8 Å². The highest BCUT2D eigenvalue weighted by Crippen LogP contribution is 2.39. The number of fused-ring (bicyclic) bond motifs is 1. The van der Waals surface area contributed by atoms with E-state index in [0.29, 0.717) is 0 Å². The Labute approximate surface area is 168 Å². The second kappa shape index (κ2) is 23.5. The van der Waals surface area contributed by atoms with Gasteiger partial charge in [0.2, 0.25) is 0 Å². The van der Waals surface area contributed by atoms with Crippen molar-refractivity contribution in [2.24, 2.45) is 10.7 Å². The van der Waals surface area contributed by atoms with Gasteiger partial charge in [-0.25, -0.2) is 0 Å². The van der Waals surface area contributed by atoms with Crippen molar-refractivity contribution in [1.29, 1.82) is 0 Å². The third kappa shape index (κ3) is 11.2. The molecule has 1 aromatic rings. The molecule has 5 heteroatoms. The van der Waals surface area contributed by atoms with E-state index >= 15 is 0 Å². The summed E-state index contributed by atoms with van der Waals surface area (Å²) in [6.45, 7) is 24.9. The van der Waals surface area contributed by atoms with Crippen LogP contribution in [0.4, 0.5) is 10.7 Å². The molecule has 0 spiro atoms. The SMILES string of the molecule is CC.CC.CC.CC.CC.CN=C1CN(/C(C)=C\N)c2sc(C)cc2N1. The second-order valence-corrected chi connectivity index (χ2v) is 5.00. The van der Waals surface area contributed by atoms with Crippen molar-refractivity contribution >= 4 is 27.9 Å². The van der Waals surface area contributed by atoms with Gasteiger partial charge in [-0.3, -0.25) is 4.99 Å². The largest absolute Gasteiger partial charge is 0.403 e. The highest BCUT2D eigenvalue weighted by molar-refractivity contribution is 7.16. The summed E-state index contributed by atoms with van der Waals surface area (Å²) < 4.78 is 0. The van der Waals surface area contributed by atoms with Crippen molar-refractivity contribution in [2.75, 3.05) is 23.8 Å². The molecule has 156 valence electrons. The highest BCUT2D eigenvalue weighted by atomic mass is 32.1. The van der Waals surface area contributed by atoms with Gasteiger partial charge >= 0.3 is 0 Å². The molecule has 0 radical (unpaired) electrons. The highest BCUT2D eigenvalue weighted by Gasteiger charge is 2.23. The number of rotatable bonds is 1. The summed E-state index contributed by atoms with van der Waals surface area (Å²) in [4.78, 5) is 7.69. The van der Waals surface area contributed by atoms with Crippen molar-refractivity contribution in [2.45, 2.75) is 83.1 Å². The maximum absolute atomic E-state index is 5.59. The maximum atomic E-state index is 5.59. The van der Waals surface area contributed by atoms with E-state index < -0.39 is 0 Å². The summed E-state index contributed by atoms with van der Waals surface area (Å²) in [5.41, 5.74) is 7.76. The van der Waals surface area contributed by atoms with Crippen LogP contribution in [0.1, 0.15) is 81.0 Å². The number of allylic oxidation sites excluding steroid dienone is 1. The Balaban J connectivity index is -0.000000210. The van der Waals surface area contributed by atoms with Crippen LogP contribution in [-0.4, -0.2) is 19.4 Å². The number of nitrogens with one attached hydrogen (secondary N) is 1. The van der Waals surface area contributed by atoms with E-state index in [-0.39, 0.29) is 0 Å². The molecule has 2 heterocycles. The van der Waals surface area contributed by atoms with Crippen molar-refractivity contribution in [3.05, 3.63) is 22.8 Å². The van der Waals surface area contributed by atoms with Crippen LogP contribution < -0.4 is 16.0 Å². The molecule has 2 rings (SSSR count). The Kier molecular flexibility index (Phi) is 29.1. The van der Waals surface area contributed by atoms with Crippen molar-refractivity contribution < 1.29 is 0 Å². The third-order valence-electron chi connectivity index (χ3n) is 2.60. The summed E-state index contributed by atoms with van der Waals surface area (Å²) in [6.07, 6.45) is 1.64. The first-order chi connectivity index (χ1) is 12.7. The number of hydrogen-bond donors (Lipinski definition) is 2. The quantitative estimate of drug-likeness (QED) is 0.533. The topological polar surface area (TPSA) is 53.6 Å². The molecule has 4 nitrogen and oxygen atoms in total. The standard InChI is InChI=1S/C11H16N4S.5C2H6/c1-7(5-12)15-6-10(13-3)14-9-4-8(2)16-11(9)15;5*1-2/h4-5H,6,12H2,1-3H3,(H,13,14);5*1-2H3/b7-5-;;;;;. The molecule has 0 unspecified atom stereocenters. The summed E-state index contributed by atoms with van der Waals surface area (Å²) >= 11 is 1.77. The zero-order valence-electron chi connectivity index (χ0n) is 19.7. The smallest absolute Gasteiger partial charge is 0.121 e. The van der Waals surface area contributed by atoms with Crippen molar-refractivity contribution in [1.82, 2.24) is 0 Å². The zero-order chi connectivity index (χ0) is 21.7. The van der Waals surface area contributed by atoms with Crippen molar-refractivity contribution in [3.63, 3.8) is 0 Å². The lowest BCUT2D eigenvalue weighted by molar-refractivity contribution is 1.02. The van der Waals surface area contributed by atoms with Crippen LogP contribution in [0, 0.1) is 6.92 Å². The fourth-order valence-corrected chi connectivity index (χ4v) is 2.73. The number of anilines is 2. The van der Waals surface area contributed by atoms with Gasteiger partial charge in [0.05, 0.1) is 12.2 Å². The van der Waals surface area contributed by atoms with Gasteiger partial charge in [-0.15, -0.1) is 11.3 Å². The number of hydrogen-bond acceptors (Lipinski definition) is 4. The molecule has 0 saturated heterocycles. The molecule has 0 atom stereocenters. The first-order valence-corrected chi connectivity index (χ1v) is 11.0. The van der Waals surface area contributed by atoms with Crippen molar-refractivity contribution in [3.8, 4) is 0 Å². The Morgan fingerprint density at radius 2 is 1.54 bits per heavy atom. The van der Waals surface area contributed by atoms with Gasteiger partial charge in [-0.05, 0) is 19.9 Å². The van der Waals surface area contributed by atoms with Gasteiger partial charge in [-0.1, -0.05) is 69.2 Å². The Bertz CT molecular complexity index is 463. The molecule has 0 fully saturated rings. The van der Waals surface area contributed by atoms with E-state index in [9.17, 15) is 0 Å². The second-order valence-electron chi connectivity index (χ2n) is 3.77. The Hall–Kier alpha value is -1.49. The number of nitrogens with zero attached hydrogens (tertiary/aromatic N) is 2. The number of nitrogens with two attached hydrogens (primary N) is 1. The third-order valence-corrected chi connectivity index (χ3v) is 3.68. The van der Waals surface area contributed by atoms with Crippen LogP contribution in [0.25, 0.3) is 0 Å². The van der Waals surface area contributed by atoms with E-state index in [1.807, 2.05) is 76.2 Å². The fraction of sp³-hybridized carbons (Fsp3) is 0.667. The van der Waals surface area contributed by atoms with Gasteiger partial charge in [-0.2, -0.15) is 0 Å². The normalized spacial score (nSPS) is 12.6. The molecule has 0 aromatic carbocycles. The molecule has 26 heavy (non-hydrogen) atoms. The van der Waals surface area contributed by atoms with Gasteiger partial charge in [0, 0.05) is 23.8 Å². The predicted octanol–water partition coefficient (Wildman–Crippen LogP) is 7.27. The lowest BCUT2D eigenvalue weighted by Crippen LogP contribution is -2.36. The number of thiophene rings is 1. The molecule has 1 aliphatic rings. The van der Waals surface area contributed by atoms with Crippen LogP contribution in [0.2, 0.25) is 0 Å². The van der Waals surface area contributed by atoms with E-state index in [1.165, 1.54) is 9.88 Å². The van der Waals surface area contributed by atoms with E-state index in [2.05, 4.69) is 28.2 Å². The predicted molar refractivity (Wildman–Crippen MR) is 128 cm³/mol. The van der Waals surface area contributed by atoms with Crippen LogP contribution in [0.15, 0.2) is 23.0 Å². The fourth-order valence-electron chi connectivity index (χ4n) is 1.71. The molecule has 0 aliphatic carbocycles. The minimum absolute atomic E-state index is 0.753. The van der Waals surface area contributed by atoms with Gasteiger partial charge < -0.3 is 16.0 Å². The molecular formula is C21H46N4S. The van der Waals surface area contributed by atoms with Crippen LogP contribution in [0.3, 0.4) is 0 Å². The van der Waals surface area contributed by atoms with Crippen LogP contribution >= 0.6 is 11.3 Å². The zero-order valence-corrected chi connectivity index (χ0v) is 20.6. The lowest BCUT2D eigenvalue weighted by atomic mass is 10.3. The molecule has 0 saturated carbocycles. The molecule has 0 bridgehead atoms. The minimum Gasteiger partial charge on any atom is -0.403 e. The molecule has 1 aromatic heterocycles. The van der Waals surface area contributed by atoms with Gasteiger partial charge in [0.25, 0.3) is 0 Å². The van der Waals surface area contributed by atoms with Crippen LogP contribution in [-0.2, 0) is 0 Å².